The Morgan fingerprint density at radius 1 is 0.324 bits per heavy atom. The third-order valence-corrected chi connectivity index (χ3v) is 14.4. The lowest BCUT2D eigenvalue weighted by Crippen LogP contribution is -2.26. The number of furan rings is 1. The molecule has 0 saturated carbocycles. The van der Waals surface area contributed by atoms with E-state index in [1.54, 1.807) is 0 Å². The third kappa shape index (κ3) is 5.54. The monoisotopic (exact) mass is 866 g/mol. The largest absolute Gasteiger partial charge is 0.456 e. The van der Waals surface area contributed by atoms with Gasteiger partial charge in [-0.15, -0.1) is 0 Å². The first-order valence-electron chi connectivity index (χ1n) is 23.4. The van der Waals surface area contributed by atoms with Crippen LogP contribution in [0.4, 0.5) is 34.1 Å². The van der Waals surface area contributed by atoms with E-state index >= 15 is 0 Å². The zero-order chi connectivity index (χ0) is 44.8. The molecular weight excluding hydrogens is 825 g/mol. The highest BCUT2D eigenvalue weighted by Gasteiger charge is 2.55. The van der Waals surface area contributed by atoms with Crippen LogP contribution in [-0.2, 0) is 5.41 Å². The van der Waals surface area contributed by atoms with Crippen LogP contribution < -0.4 is 9.80 Å². The fourth-order valence-corrected chi connectivity index (χ4v) is 11.6. The number of para-hydroxylation sites is 3. The first-order chi connectivity index (χ1) is 33.8. The summed E-state index contributed by atoms with van der Waals surface area (Å²) in [7, 11) is 0. The lowest BCUT2D eigenvalue weighted by molar-refractivity contribution is 0.628. The molecule has 3 heteroatoms. The minimum atomic E-state index is -0.706. The van der Waals surface area contributed by atoms with Crippen LogP contribution >= 0.6 is 0 Å². The second kappa shape index (κ2) is 15.1. The van der Waals surface area contributed by atoms with Gasteiger partial charge in [-0.3, -0.25) is 0 Å². The van der Waals surface area contributed by atoms with Gasteiger partial charge in [-0.1, -0.05) is 182 Å². The summed E-state index contributed by atoms with van der Waals surface area (Å²) in [4.78, 5) is 4.89. The second-order valence-electron chi connectivity index (χ2n) is 17.9. The highest BCUT2D eigenvalue weighted by molar-refractivity contribution is 6.15. The van der Waals surface area contributed by atoms with Crippen molar-refractivity contribution in [3.8, 4) is 33.6 Å². The fraction of sp³-hybridized carbons (Fsp3) is 0.0154. The molecule has 0 fully saturated rings. The number of nitrogens with zero attached hydrogens (tertiary/aromatic N) is 2. The molecule has 1 atom stereocenters. The first-order valence-corrected chi connectivity index (χ1v) is 23.4. The van der Waals surface area contributed by atoms with Crippen LogP contribution in [0.3, 0.4) is 0 Å². The van der Waals surface area contributed by atoms with E-state index in [1.165, 1.54) is 66.1 Å². The van der Waals surface area contributed by atoms with Crippen molar-refractivity contribution in [1.82, 2.24) is 0 Å². The average Bonchev–Trinajstić information content (AvgIpc) is 4.04. The molecule has 0 radical (unpaired) electrons. The van der Waals surface area contributed by atoms with Crippen molar-refractivity contribution in [1.29, 1.82) is 0 Å². The van der Waals surface area contributed by atoms with Gasteiger partial charge in [-0.25, -0.2) is 0 Å². The predicted octanol–water partition coefficient (Wildman–Crippen LogP) is 17.7. The molecule has 0 saturated heterocycles. The highest BCUT2D eigenvalue weighted by atomic mass is 16.3. The van der Waals surface area contributed by atoms with E-state index in [-0.39, 0.29) is 0 Å². The summed E-state index contributed by atoms with van der Waals surface area (Å²) < 4.78 is 7.07. The van der Waals surface area contributed by atoms with Gasteiger partial charge in [0.15, 0.2) is 0 Å². The van der Waals surface area contributed by atoms with E-state index in [0.29, 0.717) is 0 Å². The summed E-state index contributed by atoms with van der Waals surface area (Å²) in [5.74, 6) is 0.930. The molecule has 11 aromatic carbocycles. The van der Waals surface area contributed by atoms with E-state index in [0.717, 1.165) is 56.4 Å². The van der Waals surface area contributed by atoms with Crippen molar-refractivity contribution in [2.75, 3.05) is 9.80 Å². The summed E-state index contributed by atoms with van der Waals surface area (Å²) in [6.45, 7) is 0. The second-order valence-corrected chi connectivity index (χ2v) is 17.9. The van der Waals surface area contributed by atoms with Crippen LogP contribution in [0.1, 0.15) is 22.3 Å². The predicted molar refractivity (Wildman–Crippen MR) is 282 cm³/mol. The summed E-state index contributed by atoms with van der Waals surface area (Å²) in [5.41, 5.74) is 17.6. The molecule has 68 heavy (non-hydrogen) atoms. The zero-order valence-corrected chi connectivity index (χ0v) is 37.1. The van der Waals surface area contributed by atoms with Crippen molar-refractivity contribution >= 4 is 66.6 Å². The fourth-order valence-electron chi connectivity index (χ4n) is 11.6. The number of anilines is 6. The number of hydrogen-bond acceptors (Lipinski definition) is 3. The molecule has 3 nitrogen and oxygen atoms in total. The van der Waals surface area contributed by atoms with Crippen molar-refractivity contribution in [2.24, 2.45) is 0 Å². The van der Waals surface area contributed by atoms with E-state index < -0.39 is 5.41 Å². The van der Waals surface area contributed by atoms with E-state index in [9.17, 15) is 0 Å². The number of rotatable bonds is 7. The molecule has 1 unspecified atom stereocenters. The van der Waals surface area contributed by atoms with Crippen molar-refractivity contribution < 1.29 is 4.42 Å². The van der Waals surface area contributed by atoms with Gasteiger partial charge >= 0.3 is 0 Å². The summed E-state index contributed by atoms with van der Waals surface area (Å²) in [6.07, 6.45) is 0. The van der Waals surface area contributed by atoms with Gasteiger partial charge in [-0.2, -0.15) is 0 Å². The Bertz CT molecular complexity index is 3910. The molecule has 1 heterocycles. The molecule has 2 aliphatic carbocycles. The lowest BCUT2D eigenvalue weighted by Gasteiger charge is -2.33. The molecule has 12 aromatic rings. The van der Waals surface area contributed by atoms with E-state index in [1.807, 2.05) is 0 Å². The van der Waals surface area contributed by atoms with Crippen molar-refractivity contribution in [3.63, 3.8) is 0 Å². The van der Waals surface area contributed by atoms with Gasteiger partial charge in [0.05, 0.1) is 16.8 Å². The third-order valence-electron chi connectivity index (χ3n) is 14.4. The summed E-state index contributed by atoms with van der Waals surface area (Å²) >= 11 is 0. The molecule has 318 valence electrons. The number of hydrogen-bond donors (Lipinski definition) is 0. The molecule has 1 aromatic heterocycles. The molecule has 1 spiro atoms. The molecule has 14 rings (SSSR count). The normalized spacial score (nSPS) is 14.2. The topological polar surface area (TPSA) is 19.6 Å². The molecular formula is C65H42N2O. The summed E-state index contributed by atoms with van der Waals surface area (Å²) in [5, 5.41) is 6.01. The zero-order valence-electron chi connectivity index (χ0n) is 37.1. The maximum absolute atomic E-state index is 7.07. The Morgan fingerprint density at radius 3 is 1.65 bits per heavy atom. The first kappa shape index (κ1) is 38.4. The quantitative estimate of drug-likeness (QED) is 0.149. The molecule has 0 bridgehead atoms. The Kier molecular flexibility index (Phi) is 8.50. The van der Waals surface area contributed by atoms with Gasteiger partial charge in [0.25, 0.3) is 0 Å². The molecule has 2 aliphatic rings. The van der Waals surface area contributed by atoms with Crippen LogP contribution in [-0.4, -0.2) is 0 Å². The van der Waals surface area contributed by atoms with Crippen molar-refractivity contribution in [3.05, 3.63) is 277 Å². The SMILES string of the molecule is c1ccc(-c2ccc(N(c3ccccc3)c3cccc4c3-c3ccccc3C43c4cc(N(c5ccccc5)c5cc6ccccc6c6ccccc56)ccc4-c4oc5ccccc5c43)cc2)cc1. The van der Waals surface area contributed by atoms with Crippen LogP contribution in [0.5, 0.6) is 0 Å². The minimum absolute atomic E-state index is 0.706. The smallest absolute Gasteiger partial charge is 0.140 e. The Hall–Kier alpha value is -8.92. The van der Waals surface area contributed by atoms with Gasteiger partial charge in [0, 0.05) is 50.2 Å². The number of fused-ring (bicyclic) bond motifs is 15. The van der Waals surface area contributed by atoms with Crippen molar-refractivity contribution in [2.45, 2.75) is 5.41 Å². The lowest BCUT2D eigenvalue weighted by atomic mass is 9.70. The van der Waals surface area contributed by atoms with Gasteiger partial charge in [0.2, 0.25) is 0 Å². The van der Waals surface area contributed by atoms with Crippen LogP contribution in [0.2, 0.25) is 0 Å². The maximum atomic E-state index is 7.07. The van der Waals surface area contributed by atoms with Gasteiger partial charge < -0.3 is 14.2 Å². The van der Waals surface area contributed by atoms with E-state index in [4.69, 9.17) is 4.42 Å². The Balaban J connectivity index is 1.05. The van der Waals surface area contributed by atoms with E-state index in [2.05, 4.69) is 265 Å². The molecule has 0 N–H and O–H groups in total. The standard InChI is InChI=1S/C65H42N2O/c1-4-19-43(20-5-1)44-35-37-48(38-36-44)66(46-22-6-2-7-23-46)59-33-18-32-57-62(59)53-29-14-16-31-56(53)65(57)58-42-49(39-40-54(58)64-63(65)55-30-15-17-34-61(55)68-64)67(47-24-8-3-9-25-47)60-41-45-21-10-11-26-50(45)51-27-12-13-28-52(51)60/h1-42H. The summed E-state index contributed by atoms with van der Waals surface area (Å²) in [6, 6.07) is 92.9. The molecule has 0 amide bonds. The van der Waals surface area contributed by atoms with Crippen LogP contribution in [0.15, 0.2) is 259 Å². The van der Waals surface area contributed by atoms with Gasteiger partial charge in [0.1, 0.15) is 11.3 Å². The minimum Gasteiger partial charge on any atom is -0.456 e. The highest BCUT2D eigenvalue weighted by Crippen LogP contribution is 2.67. The number of benzene rings is 11. The average molecular weight is 867 g/mol. The van der Waals surface area contributed by atoms with Gasteiger partial charge in [-0.05, 0) is 122 Å². The Labute approximate surface area is 395 Å². The molecule has 0 aliphatic heterocycles. The maximum Gasteiger partial charge on any atom is 0.140 e. The Morgan fingerprint density at radius 2 is 0.882 bits per heavy atom. The van der Waals surface area contributed by atoms with Crippen LogP contribution in [0.25, 0.3) is 66.1 Å². The van der Waals surface area contributed by atoms with Crippen LogP contribution in [0, 0.1) is 0 Å².